The number of pyridine rings is 1. The molecule has 2 heterocycles. The van der Waals surface area contributed by atoms with Crippen molar-refractivity contribution in [2.24, 2.45) is 10.7 Å². The SMILES string of the molecule is N#Cc1ccc(-c2cccc3c2C(N)=NC3c2cccc(-c3cccnc3F)c2)cc1. The predicted molar refractivity (Wildman–Crippen MR) is 119 cm³/mol. The van der Waals surface area contributed by atoms with Crippen molar-refractivity contribution < 1.29 is 4.39 Å². The lowest BCUT2D eigenvalue weighted by atomic mass is 9.90. The van der Waals surface area contributed by atoms with Crippen molar-refractivity contribution in [3.63, 3.8) is 0 Å². The van der Waals surface area contributed by atoms with Gasteiger partial charge in [0.25, 0.3) is 0 Å². The van der Waals surface area contributed by atoms with Crippen LogP contribution in [0.4, 0.5) is 4.39 Å². The van der Waals surface area contributed by atoms with Crippen LogP contribution in [0.5, 0.6) is 0 Å². The second kappa shape index (κ2) is 7.51. The van der Waals surface area contributed by atoms with Crippen LogP contribution in [0.1, 0.15) is 28.3 Å². The molecule has 5 rings (SSSR count). The number of rotatable bonds is 3. The lowest BCUT2D eigenvalue weighted by Gasteiger charge is -2.14. The second-order valence-electron chi connectivity index (χ2n) is 7.34. The molecule has 4 aromatic rings. The highest BCUT2D eigenvalue weighted by molar-refractivity contribution is 6.07. The Hall–Kier alpha value is -4.30. The number of aromatic nitrogens is 1. The van der Waals surface area contributed by atoms with Crippen molar-refractivity contribution in [3.8, 4) is 28.3 Å². The molecule has 31 heavy (non-hydrogen) atoms. The van der Waals surface area contributed by atoms with Gasteiger partial charge in [-0.25, -0.2) is 4.98 Å². The highest BCUT2D eigenvalue weighted by Crippen LogP contribution is 2.39. The standard InChI is InChI=1S/C26H17FN4/c27-25-21(8-3-13-30-25)18-4-1-5-19(14-18)24-22-7-2-6-20(23(22)26(29)31-24)17-11-9-16(15-28)10-12-17/h1-14,24H,(H2,29,31). The van der Waals surface area contributed by atoms with Gasteiger partial charge in [-0.15, -0.1) is 0 Å². The molecule has 1 aromatic heterocycles. The average molecular weight is 404 g/mol. The molecule has 0 radical (unpaired) electrons. The topological polar surface area (TPSA) is 75.1 Å². The maximum atomic E-state index is 14.2. The Kier molecular flexibility index (Phi) is 4.53. The molecule has 5 heteroatoms. The molecule has 0 amide bonds. The average Bonchev–Trinajstić information content (AvgIpc) is 3.16. The summed E-state index contributed by atoms with van der Waals surface area (Å²) < 4.78 is 14.2. The second-order valence-corrected chi connectivity index (χ2v) is 7.34. The zero-order valence-corrected chi connectivity index (χ0v) is 16.5. The maximum Gasteiger partial charge on any atom is 0.220 e. The van der Waals surface area contributed by atoms with Crippen LogP contribution in [0, 0.1) is 17.3 Å². The number of amidine groups is 1. The van der Waals surface area contributed by atoms with E-state index in [0.717, 1.165) is 33.4 Å². The summed E-state index contributed by atoms with van der Waals surface area (Å²) in [4.78, 5) is 8.49. The highest BCUT2D eigenvalue weighted by atomic mass is 19.1. The fourth-order valence-corrected chi connectivity index (χ4v) is 4.05. The summed E-state index contributed by atoms with van der Waals surface area (Å²) in [5, 5.41) is 9.06. The zero-order chi connectivity index (χ0) is 21.4. The van der Waals surface area contributed by atoms with E-state index in [4.69, 9.17) is 16.0 Å². The van der Waals surface area contributed by atoms with Crippen molar-refractivity contribution in [2.45, 2.75) is 6.04 Å². The molecule has 4 nitrogen and oxygen atoms in total. The van der Waals surface area contributed by atoms with E-state index in [2.05, 4.69) is 11.1 Å². The number of halogens is 1. The van der Waals surface area contributed by atoms with Crippen molar-refractivity contribution in [3.05, 3.63) is 113 Å². The summed E-state index contributed by atoms with van der Waals surface area (Å²) in [6.45, 7) is 0. The van der Waals surface area contributed by atoms with Crippen molar-refractivity contribution in [1.82, 2.24) is 4.98 Å². The lowest BCUT2D eigenvalue weighted by Crippen LogP contribution is -2.11. The van der Waals surface area contributed by atoms with E-state index in [-0.39, 0.29) is 6.04 Å². The summed E-state index contributed by atoms with van der Waals surface area (Å²) >= 11 is 0. The summed E-state index contributed by atoms with van der Waals surface area (Å²) in [6.07, 6.45) is 1.44. The molecule has 0 spiro atoms. The lowest BCUT2D eigenvalue weighted by molar-refractivity contribution is 0.587. The molecule has 0 bridgehead atoms. The first-order valence-electron chi connectivity index (χ1n) is 9.83. The van der Waals surface area contributed by atoms with E-state index >= 15 is 0 Å². The summed E-state index contributed by atoms with van der Waals surface area (Å²) in [5.41, 5.74) is 12.9. The number of nitriles is 1. The van der Waals surface area contributed by atoms with Crippen LogP contribution < -0.4 is 5.73 Å². The Balaban J connectivity index is 1.59. The van der Waals surface area contributed by atoms with E-state index in [1.165, 1.54) is 6.20 Å². The highest BCUT2D eigenvalue weighted by Gasteiger charge is 2.28. The minimum Gasteiger partial charge on any atom is -0.383 e. The third-order valence-electron chi connectivity index (χ3n) is 5.51. The maximum absolute atomic E-state index is 14.2. The van der Waals surface area contributed by atoms with Gasteiger partial charge >= 0.3 is 0 Å². The molecule has 1 atom stereocenters. The van der Waals surface area contributed by atoms with Crippen molar-refractivity contribution >= 4 is 5.84 Å². The molecule has 1 aliphatic heterocycles. The molecule has 0 fully saturated rings. The van der Waals surface area contributed by atoms with E-state index in [1.807, 2.05) is 54.6 Å². The quantitative estimate of drug-likeness (QED) is 0.475. The normalized spacial score (nSPS) is 14.6. The van der Waals surface area contributed by atoms with Crippen LogP contribution in [0.3, 0.4) is 0 Å². The number of aliphatic imine (C=N–C) groups is 1. The number of hydrogen-bond donors (Lipinski definition) is 1. The van der Waals surface area contributed by atoms with Crippen molar-refractivity contribution in [1.29, 1.82) is 5.26 Å². The number of benzene rings is 3. The fourth-order valence-electron chi connectivity index (χ4n) is 4.05. The van der Waals surface area contributed by atoms with Crippen LogP contribution >= 0.6 is 0 Å². The Labute approximate surface area is 179 Å². The van der Waals surface area contributed by atoms with E-state index in [0.29, 0.717) is 17.0 Å². The monoisotopic (exact) mass is 404 g/mol. The molecular formula is C26H17FN4. The molecule has 0 aliphatic carbocycles. The minimum absolute atomic E-state index is 0.270. The summed E-state index contributed by atoms with van der Waals surface area (Å²) in [7, 11) is 0. The van der Waals surface area contributed by atoms with E-state index < -0.39 is 5.95 Å². The summed E-state index contributed by atoms with van der Waals surface area (Å²) in [5.74, 6) is -0.0319. The number of fused-ring (bicyclic) bond motifs is 1. The Morgan fingerprint density at radius 2 is 1.65 bits per heavy atom. The van der Waals surface area contributed by atoms with E-state index in [9.17, 15) is 4.39 Å². The molecule has 0 saturated carbocycles. The van der Waals surface area contributed by atoms with E-state index in [1.54, 1.807) is 24.3 Å². The molecule has 3 aromatic carbocycles. The zero-order valence-electron chi connectivity index (χ0n) is 16.5. The van der Waals surface area contributed by atoms with Crippen LogP contribution in [0.15, 0.2) is 90.1 Å². The van der Waals surface area contributed by atoms with Gasteiger partial charge in [-0.1, -0.05) is 48.5 Å². The summed E-state index contributed by atoms with van der Waals surface area (Å²) in [6, 6.07) is 26.4. The van der Waals surface area contributed by atoms with Gasteiger partial charge in [0, 0.05) is 17.3 Å². The largest absolute Gasteiger partial charge is 0.383 e. The van der Waals surface area contributed by atoms with Gasteiger partial charge in [0.1, 0.15) is 11.9 Å². The Morgan fingerprint density at radius 3 is 2.42 bits per heavy atom. The smallest absolute Gasteiger partial charge is 0.220 e. The number of hydrogen-bond acceptors (Lipinski definition) is 4. The molecule has 148 valence electrons. The van der Waals surface area contributed by atoms with Gasteiger partial charge < -0.3 is 5.73 Å². The Morgan fingerprint density at radius 1 is 0.871 bits per heavy atom. The van der Waals surface area contributed by atoms with Crippen LogP contribution in [-0.2, 0) is 0 Å². The first kappa shape index (κ1) is 18.7. The minimum atomic E-state index is -0.502. The van der Waals surface area contributed by atoms with Crippen LogP contribution in [0.2, 0.25) is 0 Å². The fraction of sp³-hybridized carbons (Fsp3) is 0.0385. The van der Waals surface area contributed by atoms with Gasteiger partial charge in [0.15, 0.2) is 0 Å². The Bertz CT molecular complexity index is 1370. The predicted octanol–water partition coefficient (Wildman–Crippen LogP) is 5.23. The number of nitrogens with two attached hydrogens (primary N) is 1. The van der Waals surface area contributed by atoms with Crippen LogP contribution in [0.25, 0.3) is 22.3 Å². The first-order chi connectivity index (χ1) is 15.2. The molecule has 1 aliphatic rings. The van der Waals surface area contributed by atoms with Gasteiger partial charge in [-0.05, 0) is 58.1 Å². The molecule has 0 saturated heterocycles. The van der Waals surface area contributed by atoms with Gasteiger partial charge in [0.2, 0.25) is 5.95 Å². The number of nitrogens with zero attached hydrogens (tertiary/aromatic N) is 3. The molecule has 1 unspecified atom stereocenters. The third-order valence-corrected chi connectivity index (χ3v) is 5.51. The van der Waals surface area contributed by atoms with Gasteiger partial charge in [0.05, 0.1) is 11.6 Å². The molecule has 2 N–H and O–H groups in total. The molecular weight excluding hydrogens is 387 g/mol. The van der Waals surface area contributed by atoms with Crippen LogP contribution in [-0.4, -0.2) is 10.8 Å². The third kappa shape index (κ3) is 3.24. The van der Waals surface area contributed by atoms with Gasteiger partial charge in [-0.3, -0.25) is 4.99 Å². The van der Waals surface area contributed by atoms with Gasteiger partial charge in [-0.2, -0.15) is 9.65 Å². The first-order valence-corrected chi connectivity index (χ1v) is 9.83. The van der Waals surface area contributed by atoms with Crippen molar-refractivity contribution in [2.75, 3.05) is 0 Å².